The number of alkyl halides is 1. The van der Waals surface area contributed by atoms with Crippen molar-refractivity contribution in [3.63, 3.8) is 0 Å². The molecule has 0 aliphatic carbocycles. The van der Waals surface area contributed by atoms with Gasteiger partial charge in [0.15, 0.2) is 5.60 Å². The third kappa shape index (κ3) is 33.9. The van der Waals surface area contributed by atoms with Gasteiger partial charge in [0, 0.05) is 52.6 Å². The number of hydrogen-bond acceptors (Lipinski definition) is 22. The molecule has 5 rings (SSSR count). The molecule has 0 radical (unpaired) electrons. The number of ether oxygens (including phenoxy) is 1. The number of aliphatic carboxylic acids is 3. The number of carboxylic acids is 5. The summed E-state index contributed by atoms with van der Waals surface area (Å²) >= 11 is 18.1. The van der Waals surface area contributed by atoms with Crippen LogP contribution in [-0.2, 0) is 24.0 Å². The van der Waals surface area contributed by atoms with Crippen LogP contribution >= 0.6 is 147 Å². The maximum Gasteiger partial charge on any atom is 0.337 e. The maximum absolute atomic E-state index is 12.4. The van der Waals surface area contributed by atoms with Crippen LogP contribution in [0, 0.1) is 21.4 Å². The van der Waals surface area contributed by atoms with E-state index in [0.717, 1.165) is 25.9 Å². The molecule has 0 saturated heterocycles. The fourth-order valence-corrected chi connectivity index (χ4v) is 17.0. The summed E-state index contributed by atoms with van der Waals surface area (Å²) in [5.74, 6) is -6.19. The number of hydrogen-bond donors (Lipinski definition) is 20. The number of anilines is 2. The van der Waals surface area contributed by atoms with Gasteiger partial charge in [-0.05, 0) is 235 Å². The fraction of sp³-hybridized carbons (Fsp3) is 0.409. The third-order valence-electron chi connectivity index (χ3n) is 13.9. The number of nitrogens with one attached hydrogen (secondary N) is 4. The van der Waals surface area contributed by atoms with Gasteiger partial charge in [0.25, 0.3) is 0 Å². The van der Waals surface area contributed by atoms with Crippen LogP contribution in [0.4, 0.5) is 11.4 Å². The first-order chi connectivity index (χ1) is 47.9. The predicted molar refractivity (Wildman–Crippen MR) is 431 cm³/mol. The molecule has 566 valence electrons. The average molecular weight is 2130 g/mol. The molecule has 0 aliphatic rings. The molecule has 0 aromatic heterocycles. The van der Waals surface area contributed by atoms with E-state index in [-0.39, 0.29) is 48.9 Å². The Hall–Kier alpha value is -3.96. The smallest absolute Gasteiger partial charge is 0.337 e. The van der Waals surface area contributed by atoms with E-state index in [9.17, 15) is 54.0 Å². The van der Waals surface area contributed by atoms with Crippen LogP contribution in [0.1, 0.15) is 82.4 Å². The number of benzene rings is 5. The number of aliphatic hydroxyl groups is 11. The number of allylic oxidation sites excluding steroid dienone is 1. The summed E-state index contributed by atoms with van der Waals surface area (Å²) in [4.78, 5) is 80.5. The highest BCUT2D eigenvalue weighted by Crippen LogP contribution is 2.37. The van der Waals surface area contributed by atoms with Gasteiger partial charge in [-0.15, -0.1) is 11.6 Å². The van der Waals surface area contributed by atoms with Gasteiger partial charge in [0.2, 0.25) is 11.8 Å². The lowest BCUT2D eigenvalue weighted by molar-refractivity contribution is -0.170. The highest BCUT2D eigenvalue weighted by molar-refractivity contribution is 14.1. The van der Waals surface area contributed by atoms with Gasteiger partial charge in [-0.1, -0.05) is 72.8 Å². The van der Waals surface area contributed by atoms with Gasteiger partial charge < -0.3 is 113 Å². The van der Waals surface area contributed by atoms with Crippen molar-refractivity contribution in [2.24, 2.45) is 0 Å². The van der Waals surface area contributed by atoms with E-state index in [4.69, 9.17) is 77.6 Å². The molecule has 5 aromatic carbocycles. The fourth-order valence-electron chi connectivity index (χ4n) is 8.61. The zero-order valence-corrected chi connectivity index (χ0v) is 69.0. The number of likely N-dealkylation sites (N-methyl/N-ethyl adjacent to an activating group) is 3. The third-order valence-corrected chi connectivity index (χ3v) is 19.6. The van der Waals surface area contributed by atoms with E-state index in [2.05, 4.69) is 144 Å². The van der Waals surface area contributed by atoms with E-state index >= 15 is 0 Å². The van der Waals surface area contributed by atoms with Crippen LogP contribution in [0.5, 0.6) is 5.75 Å². The van der Waals surface area contributed by atoms with Crippen molar-refractivity contribution in [3.8, 4) is 5.75 Å². The van der Waals surface area contributed by atoms with Crippen molar-refractivity contribution in [1.29, 1.82) is 0 Å². The first kappa shape index (κ1) is 96.1. The Labute approximate surface area is 675 Å². The molecular weight excluding hydrogens is 2040 g/mol. The van der Waals surface area contributed by atoms with Crippen molar-refractivity contribution in [2.75, 3.05) is 84.2 Å². The van der Waals surface area contributed by atoms with E-state index in [0.29, 0.717) is 51.0 Å². The lowest BCUT2D eigenvalue weighted by Crippen LogP contribution is -2.48. The standard InChI is InChI=1S/C26H28ClNO.C20H14I6N2O6.2C7H17NO5.C6H8O7/c1-28(2)19-20-29-24-15-13-23(14-16-24)26(22-11-7-4-8-12-22)25(17-18-27)21-9-5-3-6-10-21;21-7-5-9(23)17(15(25)13(7)19(31)32)27-11(29)3-1-2-4-12(30)28-18-10(24)6-8(22)14(16(18)26)20(33)34;2*1-8-2-4(10)6(12)7(13)5(11)3-9;7-3(8)1-6(13,5(11)12)2-4(9)10/h3-16H,17-20H2,1-2H3;5-6H,1-4H2,(H,27,29)(H,28,30)(H,31,32)(H,33,34);2*4-13H,2-3H2,1H3;13H,1-2H2,(H,7,8)(H,9,10)(H,11,12)/b26-25-;;;;/t;;2*4-,5+,6+,7+;/m..00./s1. The van der Waals surface area contributed by atoms with Gasteiger partial charge in [-0.25, -0.2) is 14.4 Å². The number of unbranched alkanes of at least 4 members (excludes halogenated alkanes) is 1. The minimum atomic E-state index is -2.74. The lowest BCUT2D eigenvalue weighted by atomic mass is 9.88. The van der Waals surface area contributed by atoms with Gasteiger partial charge in [0.1, 0.15) is 49.0 Å². The number of amides is 2. The molecule has 8 atom stereocenters. The summed E-state index contributed by atoms with van der Waals surface area (Å²) in [7, 11) is 7.24. The minimum absolute atomic E-state index is 0.0936. The molecular formula is C66H84ClI6N5O24. The maximum atomic E-state index is 12.4. The topological polar surface area (TPSA) is 504 Å². The van der Waals surface area contributed by atoms with E-state index < -0.39 is 110 Å². The minimum Gasteiger partial charge on any atom is -0.492 e. The summed E-state index contributed by atoms with van der Waals surface area (Å²) in [6.07, 6.45) is -11.5. The van der Waals surface area contributed by atoms with Gasteiger partial charge in [-0.3, -0.25) is 19.2 Å². The molecule has 36 heteroatoms. The zero-order chi connectivity index (χ0) is 77.7. The van der Waals surface area contributed by atoms with Crippen LogP contribution in [0.25, 0.3) is 11.1 Å². The van der Waals surface area contributed by atoms with Crippen molar-refractivity contribution >= 4 is 211 Å². The molecule has 2 amide bonds. The summed E-state index contributed by atoms with van der Waals surface area (Å²) in [6.45, 7) is 0.432. The Balaban J connectivity index is 0.000000685. The summed E-state index contributed by atoms with van der Waals surface area (Å²) in [5.41, 5.74) is 4.55. The molecule has 0 saturated carbocycles. The van der Waals surface area contributed by atoms with Crippen LogP contribution < -0.4 is 26.0 Å². The molecule has 0 bridgehead atoms. The monoisotopic (exact) mass is 2130 g/mol. The molecule has 0 unspecified atom stereocenters. The largest absolute Gasteiger partial charge is 0.492 e. The second-order valence-corrected chi connectivity index (χ2v) is 29.3. The molecule has 102 heavy (non-hydrogen) atoms. The molecule has 29 nitrogen and oxygen atoms in total. The second-order valence-electron chi connectivity index (χ2n) is 22.1. The number of aliphatic hydroxyl groups excluding tert-OH is 10. The highest BCUT2D eigenvalue weighted by atomic mass is 127. The summed E-state index contributed by atoms with van der Waals surface area (Å²) in [5, 5.41) is 153. The van der Waals surface area contributed by atoms with Crippen molar-refractivity contribution < 1.29 is 120 Å². The van der Waals surface area contributed by atoms with Gasteiger partial charge >= 0.3 is 29.8 Å². The quantitative estimate of drug-likeness (QED) is 0.0109. The number of aromatic carboxylic acids is 2. The van der Waals surface area contributed by atoms with E-state index in [1.807, 2.05) is 117 Å². The van der Waals surface area contributed by atoms with Crippen molar-refractivity contribution in [2.45, 2.75) is 99.4 Å². The molecule has 5 aromatic rings. The van der Waals surface area contributed by atoms with Gasteiger partial charge in [0.05, 0.1) is 67.9 Å². The number of carbonyl (C=O) groups excluding carboxylic acids is 2. The number of carbonyl (C=O) groups is 7. The SMILES string of the molecule is CN(C)CCOc1ccc(/C(=C(/CCCl)c2ccccc2)c2ccccc2)cc1.CNC[C@H](O)[C@@H](O)[C@H](O)[C@H](O)CO.CNC[C@H](O)[C@@H](O)[C@H](O)[C@H](O)CO.O=C(CCCCC(=O)Nc1c(I)cc(I)c(C(=O)O)c1I)Nc1c(I)cc(I)c(C(=O)O)c1I.O=C(O)CC(O)(CC(=O)O)C(=O)O. The molecule has 0 fully saturated rings. The van der Waals surface area contributed by atoms with Crippen molar-refractivity contribution in [1.82, 2.24) is 15.5 Å². The Morgan fingerprint density at radius 3 is 1.21 bits per heavy atom. The predicted octanol–water partition coefficient (Wildman–Crippen LogP) is 5.10. The number of halogens is 7. The normalized spacial score (nSPS) is 13.6. The van der Waals surface area contributed by atoms with E-state index in [1.54, 1.807) is 26.2 Å². The zero-order valence-electron chi connectivity index (χ0n) is 55.3. The Kier molecular flexibility index (Phi) is 47.6. The van der Waals surface area contributed by atoms with Gasteiger partial charge in [-0.2, -0.15) is 0 Å². The average Bonchev–Trinajstić information content (AvgIpc) is 0.815. The van der Waals surface area contributed by atoms with E-state index in [1.165, 1.54) is 27.8 Å². The molecule has 0 spiro atoms. The number of nitrogens with zero attached hydrogens (tertiary/aromatic N) is 1. The number of carboxylic acid groups (broad SMARTS) is 5. The van der Waals surface area contributed by atoms with Crippen LogP contribution in [0.3, 0.4) is 0 Å². The number of rotatable bonds is 35. The molecule has 0 heterocycles. The Morgan fingerprint density at radius 1 is 0.520 bits per heavy atom. The first-order valence-corrected chi connectivity index (χ1v) is 37.4. The molecule has 20 N–H and O–H groups in total. The van der Waals surface area contributed by atoms with Crippen LogP contribution in [0.2, 0.25) is 0 Å². The van der Waals surface area contributed by atoms with Crippen LogP contribution in [-0.4, -0.2) is 256 Å². The Morgan fingerprint density at radius 2 is 0.882 bits per heavy atom. The Bertz CT molecular complexity index is 3360. The lowest BCUT2D eigenvalue weighted by Gasteiger charge is -2.25. The summed E-state index contributed by atoms with van der Waals surface area (Å²) in [6, 6.07) is 32.8. The van der Waals surface area contributed by atoms with Crippen LogP contribution in [0.15, 0.2) is 97.1 Å². The van der Waals surface area contributed by atoms with Crippen molar-refractivity contribution in [3.05, 3.63) is 146 Å². The first-order valence-electron chi connectivity index (χ1n) is 30.4. The second kappa shape index (κ2) is 50.6. The summed E-state index contributed by atoms with van der Waals surface area (Å²) < 4.78 is 9.48. The highest BCUT2D eigenvalue weighted by Gasteiger charge is 2.41. The molecule has 0 aliphatic heterocycles.